The van der Waals surface area contributed by atoms with E-state index < -0.39 is 5.24 Å². The molecule has 0 spiro atoms. The molecule has 0 unspecified atom stereocenters. The van der Waals surface area contributed by atoms with Crippen LogP contribution < -0.4 is 4.74 Å². The molecule has 0 fully saturated rings. The Bertz CT molecular complexity index is 658. The van der Waals surface area contributed by atoms with E-state index in [4.69, 9.17) is 16.3 Å². The highest BCUT2D eigenvalue weighted by Crippen LogP contribution is 2.20. The molecule has 1 aromatic carbocycles. The van der Waals surface area contributed by atoms with Crippen molar-refractivity contribution in [2.45, 2.75) is 51.4 Å². The molecular formula is C21H26ClNO2. The van der Waals surface area contributed by atoms with E-state index in [0.717, 1.165) is 24.8 Å². The second-order valence-corrected chi connectivity index (χ2v) is 6.67. The van der Waals surface area contributed by atoms with Crippen molar-refractivity contribution < 1.29 is 9.53 Å². The van der Waals surface area contributed by atoms with E-state index in [1.54, 1.807) is 13.2 Å². The van der Waals surface area contributed by atoms with E-state index in [1.165, 1.54) is 37.7 Å². The minimum atomic E-state index is -0.436. The van der Waals surface area contributed by atoms with Gasteiger partial charge in [-0.05, 0) is 72.7 Å². The summed E-state index contributed by atoms with van der Waals surface area (Å²) in [5.74, 6) is 0.692. The highest BCUT2D eigenvalue weighted by molar-refractivity contribution is 6.67. The lowest BCUT2D eigenvalue weighted by Crippen LogP contribution is -1.95. The molecule has 1 heterocycles. The van der Waals surface area contributed by atoms with Crippen LogP contribution in [-0.4, -0.2) is 17.3 Å². The first kappa shape index (κ1) is 19.5. The monoisotopic (exact) mass is 359 g/mol. The van der Waals surface area contributed by atoms with E-state index in [2.05, 4.69) is 11.1 Å². The van der Waals surface area contributed by atoms with Crippen molar-refractivity contribution in [3.05, 3.63) is 59.4 Å². The molecule has 134 valence electrons. The first-order valence-corrected chi connectivity index (χ1v) is 9.33. The number of benzene rings is 1. The molecule has 0 aliphatic carbocycles. The van der Waals surface area contributed by atoms with Gasteiger partial charge in [-0.15, -0.1) is 0 Å². The molecule has 2 rings (SSSR count). The average Bonchev–Trinajstić information content (AvgIpc) is 2.64. The number of hydrogen-bond donors (Lipinski definition) is 0. The van der Waals surface area contributed by atoms with Gasteiger partial charge in [0, 0.05) is 18.0 Å². The highest BCUT2D eigenvalue weighted by atomic mass is 35.5. The van der Waals surface area contributed by atoms with Gasteiger partial charge in [-0.2, -0.15) is 0 Å². The van der Waals surface area contributed by atoms with Crippen molar-refractivity contribution in [2.75, 3.05) is 7.11 Å². The Hall–Kier alpha value is -1.87. The number of hydrogen-bond acceptors (Lipinski definition) is 3. The van der Waals surface area contributed by atoms with Crippen LogP contribution >= 0.6 is 11.6 Å². The number of aromatic nitrogens is 1. The van der Waals surface area contributed by atoms with Crippen LogP contribution in [0.2, 0.25) is 0 Å². The molecule has 0 atom stereocenters. The maximum atomic E-state index is 11.4. The van der Waals surface area contributed by atoms with Gasteiger partial charge < -0.3 is 4.74 Å². The summed E-state index contributed by atoms with van der Waals surface area (Å²) in [6, 6.07) is 9.67. The summed E-state index contributed by atoms with van der Waals surface area (Å²) in [6.45, 7) is 0. The summed E-state index contributed by atoms with van der Waals surface area (Å²) < 4.78 is 5.24. The van der Waals surface area contributed by atoms with Crippen molar-refractivity contribution in [3.63, 3.8) is 0 Å². The van der Waals surface area contributed by atoms with Crippen LogP contribution in [0, 0.1) is 0 Å². The van der Waals surface area contributed by atoms with Crippen LogP contribution in [0.25, 0.3) is 0 Å². The zero-order valence-corrected chi connectivity index (χ0v) is 15.6. The fourth-order valence-electron chi connectivity index (χ4n) is 2.95. The topological polar surface area (TPSA) is 39.2 Å². The van der Waals surface area contributed by atoms with E-state index in [1.807, 2.05) is 30.6 Å². The second kappa shape index (κ2) is 10.9. The number of carbonyl (C=O) groups excluding carboxylic acids is 1. The predicted molar refractivity (Wildman–Crippen MR) is 103 cm³/mol. The Morgan fingerprint density at radius 1 is 1.00 bits per heavy atom. The van der Waals surface area contributed by atoms with Crippen LogP contribution in [0.4, 0.5) is 0 Å². The highest BCUT2D eigenvalue weighted by Gasteiger charge is 2.06. The molecule has 4 heteroatoms. The number of nitrogens with zero attached hydrogens (tertiary/aromatic N) is 1. The molecule has 0 saturated carbocycles. The summed E-state index contributed by atoms with van der Waals surface area (Å²) in [7, 11) is 1.60. The molecule has 0 saturated heterocycles. The van der Waals surface area contributed by atoms with Crippen LogP contribution in [0.3, 0.4) is 0 Å². The number of rotatable bonds is 11. The van der Waals surface area contributed by atoms with Crippen molar-refractivity contribution in [3.8, 4) is 5.75 Å². The van der Waals surface area contributed by atoms with E-state index >= 15 is 0 Å². The lowest BCUT2D eigenvalue weighted by Gasteiger charge is -2.07. The summed E-state index contributed by atoms with van der Waals surface area (Å²) in [5.41, 5.74) is 2.94. The van der Waals surface area contributed by atoms with Gasteiger partial charge in [0.1, 0.15) is 5.75 Å². The minimum Gasteiger partial charge on any atom is -0.497 e. The van der Waals surface area contributed by atoms with Crippen LogP contribution in [0.15, 0.2) is 42.7 Å². The first-order chi connectivity index (χ1) is 12.2. The Labute approximate surface area is 155 Å². The summed E-state index contributed by atoms with van der Waals surface area (Å²) in [6.07, 6.45) is 13.2. The van der Waals surface area contributed by atoms with E-state index in [9.17, 15) is 4.79 Å². The molecule has 0 aliphatic heterocycles. The standard InChI is InChI=1S/C21H26ClNO2/c1-25-20-14-18(13-19(15-20)21(22)24)10-7-5-3-2-4-6-9-17-11-8-12-23-16-17/h8,11-16H,2-7,9-10H2,1H3. The molecule has 0 bridgehead atoms. The number of aryl methyl sites for hydroxylation is 2. The number of unbranched alkanes of at least 4 members (excludes halogenated alkanes) is 5. The smallest absolute Gasteiger partial charge is 0.252 e. The Balaban J connectivity index is 1.61. The van der Waals surface area contributed by atoms with E-state index in [0.29, 0.717) is 11.3 Å². The van der Waals surface area contributed by atoms with Gasteiger partial charge in [0.2, 0.25) is 0 Å². The van der Waals surface area contributed by atoms with Crippen LogP contribution in [0.1, 0.15) is 60.0 Å². The fraction of sp³-hybridized carbons (Fsp3) is 0.429. The lowest BCUT2D eigenvalue weighted by molar-refractivity contribution is 0.108. The normalized spacial score (nSPS) is 10.6. The van der Waals surface area contributed by atoms with Crippen LogP contribution in [-0.2, 0) is 12.8 Å². The molecule has 25 heavy (non-hydrogen) atoms. The summed E-state index contributed by atoms with van der Waals surface area (Å²) >= 11 is 5.58. The maximum Gasteiger partial charge on any atom is 0.252 e. The molecule has 2 aromatic rings. The predicted octanol–water partition coefficient (Wildman–Crippen LogP) is 5.60. The zero-order valence-electron chi connectivity index (χ0n) is 14.8. The molecule has 0 aliphatic rings. The second-order valence-electron chi connectivity index (χ2n) is 6.33. The lowest BCUT2D eigenvalue weighted by atomic mass is 10.0. The van der Waals surface area contributed by atoms with Crippen molar-refractivity contribution in [2.24, 2.45) is 0 Å². The third-order valence-electron chi connectivity index (χ3n) is 4.33. The molecule has 0 N–H and O–H groups in total. The number of halogens is 1. The van der Waals surface area contributed by atoms with Gasteiger partial charge >= 0.3 is 0 Å². The molecule has 1 aromatic heterocycles. The molecular weight excluding hydrogens is 334 g/mol. The number of ether oxygens (including phenoxy) is 1. The Morgan fingerprint density at radius 2 is 1.68 bits per heavy atom. The first-order valence-electron chi connectivity index (χ1n) is 8.96. The molecule has 3 nitrogen and oxygen atoms in total. The fourth-order valence-corrected chi connectivity index (χ4v) is 3.06. The van der Waals surface area contributed by atoms with Crippen molar-refractivity contribution >= 4 is 16.8 Å². The third-order valence-corrected chi connectivity index (χ3v) is 4.55. The zero-order chi connectivity index (χ0) is 17.9. The maximum absolute atomic E-state index is 11.4. The van der Waals surface area contributed by atoms with Gasteiger partial charge in [0.05, 0.1) is 7.11 Å². The SMILES string of the molecule is COc1cc(CCCCCCCCc2cccnc2)cc(C(=O)Cl)c1. The van der Waals surface area contributed by atoms with Gasteiger partial charge in [-0.1, -0.05) is 31.7 Å². The largest absolute Gasteiger partial charge is 0.497 e. The summed E-state index contributed by atoms with van der Waals surface area (Å²) in [4.78, 5) is 15.5. The summed E-state index contributed by atoms with van der Waals surface area (Å²) in [5, 5.41) is -0.436. The third kappa shape index (κ3) is 7.27. The molecule has 0 amide bonds. The Kier molecular flexibility index (Phi) is 8.47. The van der Waals surface area contributed by atoms with Crippen molar-refractivity contribution in [1.82, 2.24) is 4.98 Å². The molecule has 0 radical (unpaired) electrons. The average molecular weight is 360 g/mol. The van der Waals surface area contributed by atoms with Gasteiger partial charge in [0.15, 0.2) is 0 Å². The number of carbonyl (C=O) groups is 1. The van der Waals surface area contributed by atoms with Gasteiger partial charge in [-0.3, -0.25) is 9.78 Å². The van der Waals surface area contributed by atoms with Crippen LogP contribution in [0.5, 0.6) is 5.75 Å². The Morgan fingerprint density at radius 3 is 2.28 bits per heavy atom. The number of methoxy groups -OCH3 is 1. The van der Waals surface area contributed by atoms with Gasteiger partial charge in [0.25, 0.3) is 5.24 Å². The minimum absolute atomic E-state index is 0.436. The van der Waals surface area contributed by atoms with E-state index in [-0.39, 0.29) is 0 Å². The van der Waals surface area contributed by atoms with Crippen molar-refractivity contribution in [1.29, 1.82) is 0 Å². The number of pyridine rings is 1. The van der Waals surface area contributed by atoms with Gasteiger partial charge in [-0.25, -0.2) is 0 Å². The quantitative estimate of drug-likeness (QED) is 0.387.